The number of rotatable bonds is 5. The molecule has 0 aliphatic rings. The third-order valence-electron chi connectivity index (χ3n) is 3.53. The summed E-state index contributed by atoms with van der Waals surface area (Å²) in [6.45, 7) is 4.27. The molecule has 4 heteroatoms. The summed E-state index contributed by atoms with van der Waals surface area (Å²) in [5, 5.41) is 5.59. The standard InChI is InChI=1S/C16H20BrNOS/c1-5-11-6-7-20-16(11)15(18-3)12-9-13(17)10(2)8-14(12)19-4/h6-9,15,18H,5H2,1-4H3. The number of hydrogen-bond acceptors (Lipinski definition) is 3. The molecule has 1 heterocycles. The molecule has 0 amide bonds. The van der Waals surface area contributed by atoms with E-state index in [9.17, 15) is 0 Å². The molecule has 0 aliphatic heterocycles. The van der Waals surface area contributed by atoms with Gasteiger partial charge in [0.05, 0.1) is 13.2 Å². The molecule has 108 valence electrons. The van der Waals surface area contributed by atoms with E-state index in [-0.39, 0.29) is 6.04 Å². The predicted octanol–water partition coefficient (Wildman–Crippen LogP) is 4.70. The number of aryl methyl sites for hydroxylation is 2. The Balaban J connectivity index is 2.54. The van der Waals surface area contributed by atoms with Gasteiger partial charge in [0, 0.05) is 14.9 Å². The molecule has 0 saturated heterocycles. The summed E-state index contributed by atoms with van der Waals surface area (Å²) in [7, 11) is 3.73. The molecule has 0 saturated carbocycles. The van der Waals surface area contributed by atoms with Crippen molar-refractivity contribution in [1.82, 2.24) is 5.32 Å². The van der Waals surface area contributed by atoms with Gasteiger partial charge in [-0.25, -0.2) is 0 Å². The molecule has 1 N–H and O–H groups in total. The van der Waals surface area contributed by atoms with Gasteiger partial charge in [0.1, 0.15) is 5.75 Å². The van der Waals surface area contributed by atoms with Gasteiger partial charge in [-0.2, -0.15) is 0 Å². The average Bonchev–Trinajstić information content (AvgIpc) is 2.91. The molecule has 2 nitrogen and oxygen atoms in total. The van der Waals surface area contributed by atoms with Crippen molar-refractivity contribution in [3.63, 3.8) is 0 Å². The van der Waals surface area contributed by atoms with E-state index in [4.69, 9.17) is 4.74 Å². The number of ether oxygens (including phenoxy) is 1. The van der Waals surface area contributed by atoms with E-state index in [1.807, 2.05) is 7.05 Å². The smallest absolute Gasteiger partial charge is 0.124 e. The molecular formula is C16H20BrNOS. The van der Waals surface area contributed by atoms with Gasteiger partial charge in [-0.05, 0) is 55.1 Å². The highest BCUT2D eigenvalue weighted by atomic mass is 79.9. The lowest BCUT2D eigenvalue weighted by Crippen LogP contribution is -2.18. The van der Waals surface area contributed by atoms with Crippen LogP contribution < -0.4 is 10.1 Å². The Bertz CT molecular complexity index is 594. The third kappa shape index (κ3) is 2.92. The van der Waals surface area contributed by atoms with Gasteiger partial charge in [-0.1, -0.05) is 22.9 Å². The van der Waals surface area contributed by atoms with Gasteiger partial charge in [-0.3, -0.25) is 0 Å². The van der Waals surface area contributed by atoms with Crippen LogP contribution in [0.5, 0.6) is 5.75 Å². The van der Waals surface area contributed by atoms with Crippen molar-refractivity contribution < 1.29 is 4.74 Å². The lowest BCUT2D eigenvalue weighted by molar-refractivity contribution is 0.405. The first-order valence-corrected chi connectivity index (χ1v) is 8.37. The van der Waals surface area contributed by atoms with Crippen LogP contribution in [0, 0.1) is 6.92 Å². The third-order valence-corrected chi connectivity index (χ3v) is 5.41. The van der Waals surface area contributed by atoms with E-state index in [0.717, 1.165) is 16.6 Å². The van der Waals surface area contributed by atoms with E-state index in [2.05, 4.69) is 58.7 Å². The molecule has 2 rings (SSSR count). The summed E-state index contributed by atoms with van der Waals surface area (Å²) in [5.41, 5.74) is 3.75. The van der Waals surface area contributed by atoms with Gasteiger partial charge in [0.15, 0.2) is 0 Å². The Morgan fingerprint density at radius 1 is 1.40 bits per heavy atom. The number of benzene rings is 1. The first kappa shape index (κ1) is 15.5. The maximum absolute atomic E-state index is 5.58. The van der Waals surface area contributed by atoms with Crippen molar-refractivity contribution >= 4 is 27.3 Å². The summed E-state index contributed by atoms with van der Waals surface area (Å²) >= 11 is 5.42. The molecule has 1 unspecified atom stereocenters. The number of nitrogens with one attached hydrogen (secondary N) is 1. The summed E-state index contributed by atoms with van der Waals surface area (Å²) in [6, 6.07) is 6.62. The zero-order valence-corrected chi connectivity index (χ0v) is 14.7. The van der Waals surface area contributed by atoms with Crippen LogP contribution in [0.3, 0.4) is 0 Å². The molecule has 0 aliphatic carbocycles. The minimum atomic E-state index is 0.164. The predicted molar refractivity (Wildman–Crippen MR) is 90.0 cm³/mol. The number of methoxy groups -OCH3 is 1. The molecule has 0 fully saturated rings. The van der Waals surface area contributed by atoms with Gasteiger partial charge in [0.25, 0.3) is 0 Å². The lowest BCUT2D eigenvalue weighted by Gasteiger charge is -2.21. The minimum Gasteiger partial charge on any atom is -0.496 e. The SMILES string of the molecule is CCc1ccsc1C(NC)c1cc(Br)c(C)cc1OC. The van der Waals surface area contributed by atoms with E-state index < -0.39 is 0 Å². The number of hydrogen-bond donors (Lipinski definition) is 1. The molecule has 20 heavy (non-hydrogen) atoms. The zero-order valence-electron chi connectivity index (χ0n) is 12.3. The fraction of sp³-hybridized carbons (Fsp3) is 0.375. The summed E-state index contributed by atoms with van der Waals surface area (Å²) in [6.07, 6.45) is 1.05. The maximum Gasteiger partial charge on any atom is 0.124 e. The summed E-state index contributed by atoms with van der Waals surface area (Å²) < 4.78 is 6.69. The molecule has 2 aromatic rings. The van der Waals surface area contributed by atoms with Gasteiger partial charge in [0.2, 0.25) is 0 Å². The molecule has 0 radical (unpaired) electrons. The number of thiophene rings is 1. The maximum atomic E-state index is 5.58. The average molecular weight is 354 g/mol. The Morgan fingerprint density at radius 2 is 2.15 bits per heavy atom. The summed E-state index contributed by atoms with van der Waals surface area (Å²) in [5.74, 6) is 0.931. The van der Waals surface area contributed by atoms with Crippen molar-refractivity contribution in [2.45, 2.75) is 26.3 Å². The largest absolute Gasteiger partial charge is 0.496 e. The van der Waals surface area contributed by atoms with Crippen molar-refractivity contribution in [3.8, 4) is 5.75 Å². The van der Waals surface area contributed by atoms with Crippen LogP contribution in [0.1, 0.15) is 34.5 Å². The topological polar surface area (TPSA) is 21.3 Å². The fourth-order valence-electron chi connectivity index (χ4n) is 2.39. The van der Waals surface area contributed by atoms with E-state index >= 15 is 0 Å². The second-order valence-corrected chi connectivity index (χ2v) is 6.53. The zero-order chi connectivity index (χ0) is 14.7. The van der Waals surface area contributed by atoms with Gasteiger partial charge < -0.3 is 10.1 Å². The van der Waals surface area contributed by atoms with E-state index in [0.29, 0.717) is 0 Å². The van der Waals surface area contributed by atoms with Gasteiger partial charge in [-0.15, -0.1) is 11.3 Å². The normalized spacial score (nSPS) is 12.4. The van der Waals surface area contributed by atoms with Crippen LogP contribution in [0.25, 0.3) is 0 Å². The Morgan fingerprint density at radius 3 is 2.75 bits per heavy atom. The number of halogens is 1. The van der Waals surface area contributed by atoms with Gasteiger partial charge >= 0.3 is 0 Å². The quantitative estimate of drug-likeness (QED) is 0.840. The minimum absolute atomic E-state index is 0.164. The summed E-state index contributed by atoms with van der Waals surface area (Å²) in [4.78, 5) is 1.36. The Labute approximate surface area is 133 Å². The highest BCUT2D eigenvalue weighted by Crippen LogP contribution is 2.37. The highest BCUT2D eigenvalue weighted by molar-refractivity contribution is 9.10. The molecule has 0 bridgehead atoms. The second kappa shape index (κ2) is 6.74. The van der Waals surface area contributed by atoms with Crippen molar-refractivity contribution in [3.05, 3.63) is 49.6 Å². The molecule has 0 spiro atoms. The van der Waals surface area contributed by atoms with Crippen LogP contribution in [-0.2, 0) is 6.42 Å². The van der Waals surface area contributed by atoms with Crippen LogP contribution in [0.2, 0.25) is 0 Å². The first-order valence-electron chi connectivity index (χ1n) is 6.69. The van der Waals surface area contributed by atoms with Crippen LogP contribution in [0.4, 0.5) is 0 Å². The molecular weight excluding hydrogens is 334 g/mol. The van der Waals surface area contributed by atoms with Crippen LogP contribution >= 0.6 is 27.3 Å². The second-order valence-electron chi connectivity index (χ2n) is 4.73. The molecule has 1 atom stereocenters. The van der Waals surface area contributed by atoms with E-state index in [1.54, 1.807) is 18.4 Å². The van der Waals surface area contributed by atoms with E-state index in [1.165, 1.54) is 21.6 Å². The fourth-order valence-corrected chi connectivity index (χ4v) is 3.88. The molecule has 1 aromatic heterocycles. The highest BCUT2D eigenvalue weighted by Gasteiger charge is 2.21. The first-order chi connectivity index (χ1) is 9.62. The Hall–Kier alpha value is -0.840. The van der Waals surface area contributed by atoms with Crippen molar-refractivity contribution in [1.29, 1.82) is 0 Å². The lowest BCUT2D eigenvalue weighted by atomic mass is 9.99. The van der Waals surface area contributed by atoms with Crippen LogP contribution in [-0.4, -0.2) is 14.2 Å². The van der Waals surface area contributed by atoms with Crippen LogP contribution in [0.15, 0.2) is 28.1 Å². The monoisotopic (exact) mass is 353 g/mol. The van der Waals surface area contributed by atoms with Crippen molar-refractivity contribution in [2.24, 2.45) is 0 Å². The Kier molecular flexibility index (Phi) is 5.24. The molecule has 1 aromatic carbocycles. The van der Waals surface area contributed by atoms with Crippen molar-refractivity contribution in [2.75, 3.05) is 14.2 Å².